The van der Waals surface area contributed by atoms with Crippen LogP contribution >= 0.6 is 31.9 Å². The SMILES string of the molecule is Brc1ccc(C2(c3ccc(Br)cc3)C3=C(C=CC(C4N=C(c5ccccc5)NC(c5ccccc5)=N4)C3)n3c4ccccc4c4cccc2c43)cc1. The van der Waals surface area contributed by atoms with E-state index in [1.807, 2.05) is 12.1 Å². The second-order valence-corrected chi connectivity index (χ2v) is 15.5. The molecule has 7 aromatic rings. The van der Waals surface area contributed by atoms with Crippen molar-refractivity contribution in [1.82, 2.24) is 9.88 Å². The highest BCUT2D eigenvalue weighted by molar-refractivity contribution is 9.10. The molecule has 0 bridgehead atoms. The molecule has 10 rings (SSSR count). The molecule has 6 heteroatoms. The summed E-state index contributed by atoms with van der Waals surface area (Å²) in [7, 11) is 0. The van der Waals surface area contributed by atoms with Crippen LogP contribution in [0, 0.1) is 5.92 Å². The van der Waals surface area contributed by atoms with Crippen molar-refractivity contribution in [2.75, 3.05) is 0 Å². The van der Waals surface area contributed by atoms with Crippen molar-refractivity contribution >= 4 is 71.0 Å². The molecule has 0 saturated carbocycles. The number of halogens is 2. The zero-order chi connectivity index (χ0) is 34.8. The average Bonchev–Trinajstić information content (AvgIpc) is 3.55. The third-order valence-electron chi connectivity index (χ3n) is 10.8. The molecule has 4 nitrogen and oxygen atoms in total. The second-order valence-electron chi connectivity index (χ2n) is 13.6. The van der Waals surface area contributed by atoms with Gasteiger partial charge in [-0.2, -0.15) is 0 Å². The summed E-state index contributed by atoms with van der Waals surface area (Å²) >= 11 is 7.48. The molecule has 0 radical (unpaired) electrons. The quantitative estimate of drug-likeness (QED) is 0.185. The Balaban J connectivity index is 1.24. The molecule has 0 amide bonds. The Morgan fingerprint density at radius 2 is 1.15 bits per heavy atom. The highest BCUT2D eigenvalue weighted by atomic mass is 79.9. The minimum atomic E-state index is -0.575. The maximum absolute atomic E-state index is 5.35. The van der Waals surface area contributed by atoms with Gasteiger partial charge in [0.15, 0.2) is 6.17 Å². The van der Waals surface area contributed by atoms with Crippen LogP contribution in [-0.4, -0.2) is 22.4 Å². The van der Waals surface area contributed by atoms with Crippen molar-refractivity contribution in [3.8, 4) is 0 Å². The van der Waals surface area contributed by atoms with Gasteiger partial charge in [-0.3, -0.25) is 0 Å². The van der Waals surface area contributed by atoms with Crippen molar-refractivity contribution in [2.45, 2.75) is 18.0 Å². The van der Waals surface area contributed by atoms with E-state index in [9.17, 15) is 0 Å². The number of fused-ring (bicyclic) bond motifs is 4. The highest BCUT2D eigenvalue weighted by Crippen LogP contribution is 2.57. The zero-order valence-corrected chi connectivity index (χ0v) is 31.2. The lowest BCUT2D eigenvalue weighted by Crippen LogP contribution is -2.41. The molecular weight excluding hydrogens is 768 g/mol. The lowest BCUT2D eigenvalue weighted by Gasteiger charge is -2.45. The van der Waals surface area contributed by atoms with Gasteiger partial charge in [-0.05, 0) is 65.1 Å². The number of hydrogen-bond acceptors (Lipinski definition) is 3. The fourth-order valence-electron chi connectivity index (χ4n) is 8.59. The summed E-state index contributed by atoms with van der Waals surface area (Å²) in [6, 6.07) is 54.4. The largest absolute Gasteiger partial charge is 0.324 e. The zero-order valence-electron chi connectivity index (χ0n) is 28.0. The Hall–Kier alpha value is -5.30. The Labute approximate surface area is 319 Å². The van der Waals surface area contributed by atoms with Crippen LogP contribution in [0.15, 0.2) is 188 Å². The lowest BCUT2D eigenvalue weighted by atomic mass is 9.60. The third kappa shape index (κ3) is 4.85. The summed E-state index contributed by atoms with van der Waals surface area (Å²) in [5.74, 6) is 1.68. The number of amidine groups is 2. The van der Waals surface area contributed by atoms with Crippen molar-refractivity contribution in [1.29, 1.82) is 0 Å². The number of benzene rings is 6. The van der Waals surface area contributed by atoms with Crippen molar-refractivity contribution < 1.29 is 0 Å². The van der Waals surface area contributed by atoms with E-state index in [0.29, 0.717) is 0 Å². The van der Waals surface area contributed by atoms with Gasteiger partial charge >= 0.3 is 0 Å². The number of nitrogens with zero attached hydrogens (tertiary/aromatic N) is 3. The Kier molecular flexibility index (Phi) is 7.52. The number of rotatable bonds is 5. The van der Waals surface area contributed by atoms with Gasteiger partial charge in [-0.1, -0.05) is 159 Å². The molecule has 3 aliphatic rings. The van der Waals surface area contributed by atoms with E-state index in [2.05, 4.69) is 193 Å². The van der Waals surface area contributed by atoms with Gasteiger partial charge in [0.05, 0.1) is 16.4 Å². The van der Waals surface area contributed by atoms with Gasteiger partial charge in [0.25, 0.3) is 0 Å². The Morgan fingerprint density at radius 3 is 1.77 bits per heavy atom. The fourth-order valence-corrected chi connectivity index (χ4v) is 9.12. The molecule has 0 saturated heterocycles. The molecule has 250 valence electrons. The van der Waals surface area contributed by atoms with Crippen LogP contribution in [0.4, 0.5) is 0 Å². The minimum Gasteiger partial charge on any atom is -0.324 e. The second kappa shape index (κ2) is 12.4. The molecule has 0 fully saturated rings. The normalized spacial score (nSPS) is 17.8. The van der Waals surface area contributed by atoms with Crippen molar-refractivity contribution in [2.24, 2.45) is 15.9 Å². The van der Waals surface area contributed by atoms with E-state index in [1.165, 1.54) is 49.8 Å². The first kappa shape index (κ1) is 31.4. The smallest absolute Gasteiger partial charge is 0.150 e. The van der Waals surface area contributed by atoms with Gasteiger partial charge in [0.1, 0.15) is 11.7 Å². The average molecular weight is 801 g/mol. The summed E-state index contributed by atoms with van der Waals surface area (Å²) in [4.78, 5) is 10.7. The lowest BCUT2D eigenvalue weighted by molar-refractivity contribution is 0.482. The predicted molar refractivity (Wildman–Crippen MR) is 221 cm³/mol. The van der Waals surface area contributed by atoms with Crippen LogP contribution in [0.25, 0.3) is 27.5 Å². The van der Waals surface area contributed by atoms with E-state index in [0.717, 1.165) is 38.2 Å². The molecule has 1 atom stereocenters. The molecule has 6 aromatic carbocycles. The summed E-state index contributed by atoms with van der Waals surface area (Å²) in [6.07, 6.45) is 5.15. The van der Waals surface area contributed by atoms with E-state index >= 15 is 0 Å². The standard InChI is InChI=1S/C46H32Br2N4/c47-34-23-19-32(20-24-34)46(33-21-25-35(48)26-22-33)38-16-9-15-37-36-14-7-8-17-40(36)52(42(37)38)41-27-18-31(28-39(41)46)45-50-43(29-10-3-1-4-11-29)49-44(51-45)30-12-5-2-6-13-30/h1-27,31,45H,28H2,(H,49,50,51). The Morgan fingerprint density at radius 1 is 0.596 bits per heavy atom. The van der Waals surface area contributed by atoms with Crippen LogP contribution in [0.2, 0.25) is 0 Å². The van der Waals surface area contributed by atoms with E-state index in [1.54, 1.807) is 0 Å². The van der Waals surface area contributed by atoms with E-state index in [4.69, 9.17) is 9.98 Å². The van der Waals surface area contributed by atoms with Crippen LogP contribution < -0.4 is 5.32 Å². The maximum atomic E-state index is 5.35. The molecule has 1 aromatic heterocycles. The first-order chi connectivity index (χ1) is 25.6. The number of para-hydroxylation sites is 2. The molecular formula is C46H32Br2N4. The first-order valence-electron chi connectivity index (χ1n) is 17.6. The van der Waals surface area contributed by atoms with Crippen LogP contribution in [0.1, 0.15) is 34.2 Å². The topological polar surface area (TPSA) is 41.7 Å². The predicted octanol–water partition coefficient (Wildman–Crippen LogP) is 11.3. The molecule has 3 heterocycles. The number of allylic oxidation sites excluding steroid dienone is 3. The van der Waals surface area contributed by atoms with Gasteiger partial charge < -0.3 is 9.88 Å². The number of aliphatic imine (C=N–C) groups is 2. The monoisotopic (exact) mass is 798 g/mol. The molecule has 1 aliphatic carbocycles. The Bertz CT molecular complexity index is 2530. The van der Waals surface area contributed by atoms with Crippen molar-refractivity contribution in [3.05, 3.63) is 206 Å². The maximum Gasteiger partial charge on any atom is 0.150 e. The summed E-state index contributed by atoms with van der Waals surface area (Å²) in [5, 5.41) is 6.11. The van der Waals surface area contributed by atoms with Crippen LogP contribution in [-0.2, 0) is 5.41 Å². The third-order valence-corrected chi connectivity index (χ3v) is 11.9. The van der Waals surface area contributed by atoms with E-state index < -0.39 is 5.41 Å². The first-order valence-corrected chi connectivity index (χ1v) is 19.2. The van der Waals surface area contributed by atoms with E-state index in [-0.39, 0.29) is 12.1 Å². The molecule has 1 N–H and O–H groups in total. The van der Waals surface area contributed by atoms with Gasteiger partial charge in [0.2, 0.25) is 0 Å². The van der Waals surface area contributed by atoms with Gasteiger partial charge in [-0.25, -0.2) is 9.98 Å². The summed E-state index contributed by atoms with van der Waals surface area (Å²) in [6.45, 7) is 0. The number of nitrogens with one attached hydrogen (secondary N) is 1. The molecule has 0 spiro atoms. The molecule has 52 heavy (non-hydrogen) atoms. The minimum absolute atomic E-state index is 0.00567. The molecule has 2 aliphatic heterocycles. The highest BCUT2D eigenvalue weighted by Gasteiger charge is 2.48. The van der Waals surface area contributed by atoms with Crippen LogP contribution in [0.5, 0.6) is 0 Å². The summed E-state index contributed by atoms with van der Waals surface area (Å²) in [5.41, 5.74) is 10.3. The fraction of sp³-hybridized carbons (Fsp3) is 0.0870. The number of aromatic nitrogens is 1. The van der Waals surface area contributed by atoms with Gasteiger partial charge in [-0.15, -0.1) is 0 Å². The summed E-state index contributed by atoms with van der Waals surface area (Å²) < 4.78 is 4.63. The van der Waals surface area contributed by atoms with Crippen molar-refractivity contribution in [3.63, 3.8) is 0 Å². The van der Waals surface area contributed by atoms with Gasteiger partial charge in [0, 0.05) is 42.5 Å². The number of hydrogen-bond donors (Lipinski definition) is 1. The molecule has 1 unspecified atom stereocenters. The van der Waals surface area contributed by atoms with Crippen LogP contribution in [0.3, 0.4) is 0 Å².